The molecule has 0 spiro atoms. The molecule has 1 aromatic rings. The fourth-order valence-corrected chi connectivity index (χ4v) is 3.52. The van der Waals surface area contributed by atoms with E-state index in [-0.39, 0.29) is 11.5 Å². The molecule has 0 saturated carbocycles. The molecule has 1 rings (SSSR count). The molecule has 1 aromatic heterocycles. The van der Waals surface area contributed by atoms with Gasteiger partial charge in [0.05, 0.1) is 28.8 Å². The maximum atomic E-state index is 12.0. The largest absolute Gasteiger partial charge is 0.481 e. The van der Waals surface area contributed by atoms with Crippen molar-refractivity contribution < 1.29 is 18.3 Å². The smallest absolute Gasteiger partial charge is 0.307 e. The Hall–Kier alpha value is -1.37. The van der Waals surface area contributed by atoms with Gasteiger partial charge < -0.3 is 5.11 Å². The fourth-order valence-electron chi connectivity index (χ4n) is 1.81. The predicted molar refractivity (Wildman–Crippen MR) is 71.6 cm³/mol. The zero-order chi connectivity index (χ0) is 14.6. The summed E-state index contributed by atoms with van der Waals surface area (Å²) in [4.78, 5) is 10.7. The van der Waals surface area contributed by atoms with E-state index < -0.39 is 21.7 Å². The molecule has 7 heteroatoms. The Bertz CT molecular complexity index is 548. The molecule has 0 fully saturated rings. The van der Waals surface area contributed by atoms with Gasteiger partial charge in [-0.1, -0.05) is 13.8 Å². The van der Waals surface area contributed by atoms with E-state index in [1.54, 1.807) is 10.7 Å². The van der Waals surface area contributed by atoms with Crippen LogP contribution in [0, 0.1) is 5.92 Å². The van der Waals surface area contributed by atoms with Crippen LogP contribution in [0.15, 0.2) is 6.07 Å². The van der Waals surface area contributed by atoms with E-state index in [0.717, 1.165) is 12.1 Å². The van der Waals surface area contributed by atoms with Crippen LogP contribution in [0.25, 0.3) is 0 Å². The minimum atomic E-state index is -3.45. The third-order valence-corrected chi connectivity index (χ3v) is 4.61. The molecule has 19 heavy (non-hydrogen) atoms. The van der Waals surface area contributed by atoms with Crippen LogP contribution in [0.4, 0.5) is 0 Å². The van der Waals surface area contributed by atoms with E-state index in [9.17, 15) is 13.2 Å². The van der Waals surface area contributed by atoms with E-state index >= 15 is 0 Å². The molecule has 0 bridgehead atoms. The first-order valence-corrected chi connectivity index (χ1v) is 8.10. The van der Waals surface area contributed by atoms with E-state index in [0.29, 0.717) is 12.2 Å². The van der Waals surface area contributed by atoms with Gasteiger partial charge in [0.2, 0.25) is 0 Å². The highest BCUT2D eigenvalue weighted by Gasteiger charge is 2.23. The van der Waals surface area contributed by atoms with Gasteiger partial charge in [0.15, 0.2) is 9.84 Å². The first kappa shape index (κ1) is 15.7. The molecule has 0 radical (unpaired) electrons. The molecule has 0 amide bonds. The van der Waals surface area contributed by atoms with Crippen molar-refractivity contribution in [3.05, 3.63) is 17.5 Å². The van der Waals surface area contributed by atoms with E-state index in [1.807, 2.05) is 13.8 Å². The zero-order valence-electron chi connectivity index (χ0n) is 11.5. The van der Waals surface area contributed by atoms with Gasteiger partial charge in [-0.15, -0.1) is 0 Å². The molecule has 0 aliphatic rings. The lowest BCUT2D eigenvalue weighted by molar-refractivity contribution is -0.140. The van der Waals surface area contributed by atoms with Crippen LogP contribution in [0.3, 0.4) is 0 Å². The van der Waals surface area contributed by atoms with Crippen molar-refractivity contribution in [3.63, 3.8) is 0 Å². The van der Waals surface area contributed by atoms with Crippen molar-refractivity contribution in [1.29, 1.82) is 0 Å². The number of nitrogens with zero attached hydrogens (tertiary/aromatic N) is 2. The Labute approximate surface area is 113 Å². The van der Waals surface area contributed by atoms with Crippen LogP contribution in [0.1, 0.15) is 32.2 Å². The predicted octanol–water partition coefficient (Wildman–Crippen LogP) is 1.10. The molecule has 0 aliphatic heterocycles. The highest BCUT2D eigenvalue weighted by molar-refractivity contribution is 7.90. The third kappa shape index (κ3) is 4.34. The number of carbonyl (C=O) groups is 1. The van der Waals surface area contributed by atoms with Gasteiger partial charge in [-0.2, -0.15) is 5.10 Å². The summed E-state index contributed by atoms with van der Waals surface area (Å²) >= 11 is 0. The lowest BCUT2D eigenvalue weighted by Crippen LogP contribution is -2.23. The number of aryl methyl sites for hydroxylation is 2. The van der Waals surface area contributed by atoms with Crippen LogP contribution >= 0.6 is 0 Å². The van der Waals surface area contributed by atoms with Crippen LogP contribution < -0.4 is 0 Å². The standard InChI is InChI=1S/C12H20N2O4S/c1-4-10-6-11(14(5-2)13-10)8-19(17,18)7-9(3)12(15)16/h6,9H,4-5,7-8H2,1-3H3,(H,15,16). The van der Waals surface area contributed by atoms with Crippen LogP contribution in [-0.2, 0) is 33.4 Å². The second-order valence-corrected chi connectivity index (χ2v) is 6.70. The number of carboxylic acid groups (broad SMARTS) is 1. The van der Waals surface area contributed by atoms with E-state index in [2.05, 4.69) is 5.10 Å². The van der Waals surface area contributed by atoms with Gasteiger partial charge in [-0.25, -0.2) is 8.42 Å². The highest BCUT2D eigenvalue weighted by atomic mass is 32.2. The zero-order valence-corrected chi connectivity index (χ0v) is 12.3. The molecule has 108 valence electrons. The number of carboxylic acids is 1. The molecule has 1 heterocycles. The number of hydrogen-bond acceptors (Lipinski definition) is 4. The van der Waals surface area contributed by atoms with Crippen molar-refractivity contribution in [3.8, 4) is 0 Å². The SMILES string of the molecule is CCc1cc(CS(=O)(=O)CC(C)C(=O)O)n(CC)n1. The van der Waals surface area contributed by atoms with Gasteiger partial charge >= 0.3 is 5.97 Å². The maximum absolute atomic E-state index is 12.0. The second kappa shape index (κ2) is 6.18. The molecule has 0 saturated heterocycles. The van der Waals surface area contributed by atoms with Gasteiger partial charge in [0, 0.05) is 6.54 Å². The fraction of sp³-hybridized carbons (Fsp3) is 0.667. The van der Waals surface area contributed by atoms with Crippen molar-refractivity contribution in [2.45, 2.75) is 39.5 Å². The third-order valence-electron chi connectivity index (χ3n) is 2.87. The topological polar surface area (TPSA) is 89.3 Å². The summed E-state index contributed by atoms with van der Waals surface area (Å²) in [6.07, 6.45) is 0.742. The molecule has 0 aliphatic carbocycles. The highest BCUT2D eigenvalue weighted by Crippen LogP contribution is 2.13. The minimum Gasteiger partial charge on any atom is -0.481 e. The average molecular weight is 288 g/mol. The van der Waals surface area contributed by atoms with Crippen molar-refractivity contribution in [2.24, 2.45) is 5.92 Å². The Morgan fingerprint density at radius 3 is 2.58 bits per heavy atom. The summed E-state index contributed by atoms with van der Waals surface area (Å²) in [6.45, 7) is 5.84. The number of sulfone groups is 1. The average Bonchev–Trinajstić information content (AvgIpc) is 2.69. The minimum absolute atomic E-state index is 0.161. The van der Waals surface area contributed by atoms with E-state index in [4.69, 9.17) is 5.11 Å². The van der Waals surface area contributed by atoms with Gasteiger partial charge in [-0.3, -0.25) is 9.48 Å². The summed E-state index contributed by atoms with van der Waals surface area (Å²) < 4.78 is 25.6. The number of aliphatic carboxylic acids is 1. The Morgan fingerprint density at radius 2 is 2.11 bits per heavy atom. The lowest BCUT2D eigenvalue weighted by atomic mass is 10.2. The summed E-state index contributed by atoms with van der Waals surface area (Å²) in [5.41, 5.74) is 1.47. The number of hydrogen-bond donors (Lipinski definition) is 1. The van der Waals surface area contributed by atoms with Gasteiger partial charge in [0.1, 0.15) is 0 Å². The molecule has 0 aromatic carbocycles. The molecule has 6 nitrogen and oxygen atoms in total. The Kier molecular flexibility index (Phi) is 5.11. The molecule has 1 N–H and O–H groups in total. The number of rotatable bonds is 7. The molecule has 1 unspecified atom stereocenters. The quantitative estimate of drug-likeness (QED) is 0.811. The van der Waals surface area contributed by atoms with E-state index in [1.165, 1.54) is 6.92 Å². The maximum Gasteiger partial charge on any atom is 0.307 e. The molecular formula is C12H20N2O4S. The summed E-state index contributed by atoms with van der Waals surface area (Å²) in [7, 11) is -3.45. The number of aromatic nitrogens is 2. The van der Waals surface area contributed by atoms with Crippen molar-refractivity contribution >= 4 is 15.8 Å². The van der Waals surface area contributed by atoms with Gasteiger partial charge in [-0.05, 0) is 19.4 Å². The van der Waals surface area contributed by atoms with Crippen LogP contribution in [0.2, 0.25) is 0 Å². The molecule has 1 atom stereocenters. The Morgan fingerprint density at radius 1 is 1.47 bits per heavy atom. The first-order chi connectivity index (χ1) is 8.79. The summed E-state index contributed by atoms with van der Waals surface area (Å²) in [6, 6.07) is 1.77. The molecular weight excluding hydrogens is 268 g/mol. The first-order valence-electron chi connectivity index (χ1n) is 6.27. The second-order valence-electron chi connectivity index (χ2n) is 4.59. The van der Waals surface area contributed by atoms with Gasteiger partial charge in [0.25, 0.3) is 0 Å². The monoisotopic (exact) mass is 288 g/mol. The summed E-state index contributed by atoms with van der Waals surface area (Å²) in [5, 5.41) is 13.1. The Balaban J connectivity index is 2.88. The normalized spacial score (nSPS) is 13.4. The lowest BCUT2D eigenvalue weighted by Gasteiger charge is -2.08. The summed E-state index contributed by atoms with van der Waals surface area (Å²) in [5.74, 6) is -2.50. The van der Waals surface area contributed by atoms with Crippen molar-refractivity contribution in [2.75, 3.05) is 5.75 Å². The van der Waals surface area contributed by atoms with Crippen LogP contribution in [-0.4, -0.2) is 35.0 Å². The van der Waals surface area contributed by atoms with Crippen molar-refractivity contribution in [1.82, 2.24) is 9.78 Å². The van der Waals surface area contributed by atoms with Crippen LogP contribution in [0.5, 0.6) is 0 Å².